The van der Waals surface area contributed by atoms with Gasteiger partial charge in [-0.3, -0.25) is 0 Å². The number of hydrogen-bond acceptors (Lipinski definition) is 5. The fraction of sp³-hybridized carbons (Fsp3) is 0. The van der Waals surface area contributed by atoms with E-state index < -0.39 is 0 Å². The maximum absolute atomic E-state index is 5.65. The first-order chi connectivity index (χ1) is 5.88. The van der Waals surface area contributed by atoms with Gasteiger partial charge in [0.15, 0.2) is 0 Å². The molecule has 2 heterocycles. The van der Waals surface area contributed by atoms with Gasteiger partial charge in [0.05, 0.1) is 11.1 Å². The highest BCUT2D eigenvalue weighted by molar-refractivity contribution is 7.09. The Bertz CT molecular complexity index is 371. The summed E-state index contributed by atoms with van der Waals surface area (Å²) in [5.41, 5.74) is 6.55. The van der Waals surface area contributed by atoms with E-state index in [-0.39, 0.29) is 0 Å². The largest absolute Gasteiger partial charge is 0.383 e. The molecule has 0 radical (unpaired) electrons. The average molecular weight is 178 g/mol. The second-order valence-corrected chi connectivity index (χ2v) is 3.00. The van der Waals surface area contributed by atoms with Crippen LogP contribution in [-0.4, -0.2) is 14.6 Å². The number of pyridine rings is 1. The van der Waals surface area contributed by atoms with Crippen LogP contribution in [0.1, 0.15) is 0 Å². The van der Waals surface area contributed by atoms with Gasteiger partial charge in [0.2, 0.25) is 0 Å². The predicted octanol–water partition coefficient (Wildman–Crippen LogP) is 1.18. The van der Waals surface area contributed by atoms with Crippen LogP contribution in [-0.2, 0) is 0 Å². The van der Waals surface area contributed by atoms with Crippen molar-refractivity contribution in [2.24, 2.45) is 0 Å². The molecule has 0 aromatic carbocycles. The molecule has 0 saturated carbocycles. The topological polar surface area (TPSA) is 64.7 Å². The van der Waals surface area contributed by atoms with Gasteiger partial charge in [0.1, 0.15) is 5.82 Å². The summed E-state index contributed by atoms with van der Waals surface area (Å²) >= 11 is 1.31. The second-order valence-electron chi connectivity index (χ2n) is 2.22. The number of nitrogens with two attached hydrogens (primary N) is 1. The van der Waals surface area contributed by atoms with Crippen molar-refractivity contribution in [2.45, 2.75) is 0 Å². The lowest BCUT2D eigenvalue weighted by molar-refractivity contribution is 1.16. The first kappa shape index (κ1) is 7.17. The van der Waals surface area contributed by atoms with Crippen LogP contribution in [0.2, 0.25) is 0 Å². The summed E-state index contributed by atoms with van der Waals surface area (Å²) in [5.74, 6) is 0.517. The maximum atomic E-state index is 5.65. The van der Waals surface area contributed by atoms with E-state index in [2.05, 4.69) is 14.6 Å². The van der Waals surface area contributed by atoms with E-state index in [4.69, 9.17) is 5.73 Å². The van der Waals surface area contributed by atoms with E-state index in [1.807, 2.05) is 12.1 Å². The molecule has 4 nitrogen and oxygen atoms in total. The molecular formula is C7H6N4S. The summed E-state index contributed by atoms with van der Waals surface area (Å²) in [6.07, 6.45) is 3.34. The van der Waals surface area contributed by atoms with E-state index in [0.717, 1.165) is 10.4 Å². The minimum absolute atomic E-state index is 0.517. The molecule has 0 amide bonds. The molecule has 12 heavy (non-hydrogen) atoms. The summed E-state index contributed by atoms with van der Waals surface area (Å²) in [6.45, 7) is 0. The SMILES string of the molecule is Nc1ncccc1-c1cnns1. The molecule has 0 bridgehead atoms. The second kappa shape index (κ2) is 2.86. The van der Waals surface area contributed by atoms with Gasteiger partial charge in [0, 0.05) is 11.8 Å². The summed E-state index contributed by atoms with van der Waals surface area (Å²) in [7, 11) is 0. The molecule has 0 aliphatic heterocycles. The third-order valence-corrected chi connectivity index (χ3v) is 2.16. The van der Waals surface area contributed by atoms with Crippen molar-refractivity contribution in [2.75, 3.05) is 5.73 Å². The molecule has 0 atom stereocenters. The Balaban J connectivity index is 2.55. The monoisotopic (exact) mass is 178 g/mol. The number of aromatic nitrogens is 3. The summed E-state index contributed by atoms with van der Waals surface area (Å²) in [5, 5.41) is 3.72. The van der Waals surface area contributed by atoms with Crippen LogP contribution in [0.15, 0.2) is 24.5 Å². The van der Waals surface area contributed by atoms with E-state index in [0.29, 0.717) is 5.82 Å². The van der Waals surface area contributed by atoms with Crippen molar-refractivity contribution in [3.05, 3.63) is 24.5 Å². The first-order valence-electron chi connectivity index (χ1n) is 3.36. The lowest BCUT2D eigenvalue weighted by Gasteiger charge is -1.97. The number of nitrogen functional groups attached to an aromatic ring is 1. The van der Waals surface area contributed by atoms with Crippen molar-refractivity contribution in [3.63, 3.8) is 0 Å². The first-order valence-corrected chi connectivity index (χ1v) is 4.13. The molecule has 60 valence electrons. The third-order valence-electron chi connectivity index (χ3n) is 1.47. The molecule has 0 spiro atoms. The molecule has 2 aromatic heterocycles. The van der Waals surface area contributed by atoms with Gasteiger partial charge in [-0.05, 0) is 23.7 Å². The summed E-state index contributed by atoms with van der Waals surface area (Å²) in [4.78, 5) is 4.91. The molecule has 2 rings (SSSR count). The summed E-state index contributed by atoms with van der Waals surface area (Å²) < 4.78 is 3.75. The van der Waals surface area contributed by atoms with Gasteiger partial charge in [-0.2, -0.15) is 0 Å². The molecular weight excluding hydrogens is 172 g/mol. The average Bonchev–Trinajstić information content (AvgIpc) is 2.57. The van der Waals surface area contributed by atoms with Crippen LogP contribution in [0.25, 0.3) is 10.4 Å². The highest BCUT2D eigenvalue weighted by atomic mass is 32.1. The predicted molar refractivity (Wildman–Crippen MR) is 47.6 cm³/mol. The number of rotatable bonds is 1. The van der Waals surface area contributed by atoms with Crippen molar-refractivity contribution in [3.8, 4) is 10.4 Å². The highest BCUT2D eigenvalue weighted by Crippen LogP contribution is 2.25. The Morgan fingerprint density at radius 1 is 1.42 bits per heavy atom. The van der Waals surface area contributed by atoms with E-state index in [1.54, 1.807) is 12.4 Å². The minimum Gasteiger partial charge on any atom is -0.383 e. The van der Waals surface area contributed by atoms with Gasteiger partial charge in [-0.15, -0.1) is 5.10 Å². The quantitative estimate of drug-likeness (QED) is 0.712. The fourth-order valence-corrected chi connectivity index (χ4v) is 1.46. The zero-order valence-electron chi connectivity index (χ0n) is 6.14. The van der Waals surface area contributed by atoms with Gasteiger partial charge < -0.3 is 5.73 Å². The number of hydrogen-bond donors (Lipinski definition) is 1. The van der Waals surface area contributed by atoms with Crippen LogP contribution < -0.4 is 5.73 Å². The highest BCUT2D eigenvalue weighted by Gasteiger charge is 2.03. The lowest BCUT2D eigenvalue weighted by atomic mass is 10.2. The van der Waals surface area contributed by atoms with Crippen LogP contribution in [0, 0.1) is 0 Å². The Morgan fingerprint density at radius 3 is 3.00 bits per heavy atom. The van der Waals surface area contributed by atoms with Gasteiger partial charge in [0.25, 0.3) is 0 Å². The zero-order chi connectivity index (χ0) is 8.39. The van der Waals surface area contributed by atoms with Crippen molar-refractivity contribution < 1.29 is 0 Å². The third kappa shape index (κ3) is 1.14. The Morgan fingerprint density at radius 2 is 2.33 bits per heavy atom. The minimum atomic E-state index is 0.517. The van der Waals surface area contributed by atoms with Crippen molar-refractivity contribution in [1.82, 2.24) is 14.6 Å². The van der Waals surface area contributed by atoms with Crippen LogP contribution >= 0.6 is 11.5 Å². The Hall–Kier alpha value is -1.49. The molecule has 5 heteroatoms. The van der Waals surface area contributed by atoms with E-state index in [1.165, 1.54) is 11.5 Å². The zero-order valence-corrected chi connectivity index (χ0v) is 6.95. The smallest absolute Gasteiger partial charge is 0.132 e. The molecule has 0 aliphatic rings. The van der Waals surface area contributed by atoms with Crippen LogP contribution in [0.3, 0.4) is 0 Å². The van der Waals surface area contributed by atoms with E-state index >= 15 is 0 Å². The lowest BCUT2D eigenvalue weighted by Crippen LogP contribution is -1.91. The molecule has 0 saturated heterocycles. The standard InChI is InChI=1S/C7H6N4S/c8-7-5(2-1-3-9-7)6-4-10-11-12-6/h1-4H,(H2,8,9). The number of anilines is 1. The van der Waals surface area contributed by atoms with Crippen LogP contribution in [0.5, 0.6) is 0 Å². The molecule has 2 aromatic rings. The summed E-state index contributed by atoms with van der Waals surface area (Å²) in [6, 6.07) is 3.74. The normalized spacial score (nSPS) is 10.0. The Labute approximate surface area is 73.2 Å². The van der Waals surface area contributed by atoms with Gasteiger partial charge in [-0.25, -0.2) is 4.98 Å². The molecule has 0 unspecified atom stereocenters. The Kier molecular flexibility index (Phi) is 1.71. The molecule has 0 fully saturated rings. The molecule has 2 N–H and O–H groups in total. The molecule has 0 aliphatic carbocycles. The van der Waals surface area contributed by atoms with E-state index in [9.17, 15) is 0 Å². The van der Waals surface area contributed by atoms with Gasteiger partial charge >= 0.3 is 0 Å². The number of nitrogens with zero attached hydrogens (tertiary/aromatic N) is 3. The van der Waals surface area contributed by atoms with Crippen LogP contribution in [0.4, 0.5) is 5.82 Å². The van der Waals surface area contributed by atoms with Crippen molar-refractivity contribution in [1.29, 1.82) is 0 Å². The fourth-order valence-electron chi connectivity index (χ4n) is 0.912. The maximum Gasteiger partial charge on any atom is 0.132 e. The van der Waals surface area contributed by atoms with Crippen molar-refractivity contribution >= 4 is 17.4 Å². The van der Waals surface area contributed by atoms with Gasteiger partial charge in [-0.1, -0.05) is 4.49 Å².